The van der Waals surface area contributed by atoms with Gasteiger partial charge in [0.15, 0.2) is 11.4 Å². The van der Waals surface area contributed by atoms with Gasteiger partial charge in [-0.3, -0.25) is 9.69 Å². The SMILES string of the molecule is [C-]#[N+]c1cc2c3ccc(Br)nc3c3cc(C)nn3c2cc1[N+]#[C-]. The van der Waals surface area contributed by atoms with Gasteiger partial charge >= 0.3 is 0 Å². The Morgan fingerprint density at radius 2 is 1.74 bits per heavy atom. The van der Waals surface area contributed by atoms with Crippen LogP contribution < -0.4 is 0 Å². The summed E-state index contributed by atoms with van der Waals surface area (Å²) in [6.07, 6.45) is 0. The first kappa shape index (κ1) is 13.7. The zero-order chi connectivity index (χ0) is 16.1. The number of pyridine rings is 2. The number of fused-ring (bicyclic) bond motifs is 6. The fraction of sp³-hybridized carbons (Fsp3) is 0.0588. The van der Waals surface area contributed by atoms with E-state index >= 15 is 0 Å². The molecule has 0 aliphatic carbocycles. The van der Waals surface area contributed by atoms with Gasteiger partial charge in [-0.05, 0) is 52.5 Å². The highest BCUT2D eigenvalue weighted by atomic mass is 79.9. The smallest absolute Gasteiger partial charge is 0.196 e. The second-order valence-electron chi connectivity index (χ2n) is 5.19. The van der Waals surface area contributed by atoms with Crippen LogP contribution in [0.4, 0.5) is 11.4 Å². The predicted octanol–water partition coefficient (Wildman–Crippen LogP) is 5.21. The van der Waals surface area contributed by atoms with Gasteiger partial charge < -0.3 is 0 Å². The van der Waals surface area contributed by atoms with Crippen molar-refractivity contribution in [2.24, 2.45) is 0 Å². The van der Waals surface area contributed by atoms with Crippen LogP contribution in [-0.4, -0.2) is 14.6 Å². The molecule has 1 aromatic carbocycles. The minimum absolute atomic E-state index is 0.339. The van der Waals surface area contributed by atoms with Gasteiger partial charge in [0.1, 0.15) is 4.60 Å². The third-order valence-corrected chi connectivity index (χ3v) is 4.23. The molecule has 3 heterocycles. The van der Waals surface area contributed by atoms with Crippen molar-refractivity contribution < 1.29 is 0 Å². The number of halogens is 1. The first-order valence-corrected chi connectivity index (χ1v) is 7.59. The summed E-state index contributed by atoms with van der Waals surface area (Å²) in [4.78, 5) is 11.5. The summed E-state index contributed by atoms with van der Waals surface area (Å²) >= 11 is 3.41. The van der Waals surface area contributed by atoms with Gasteiger partial charge in [0.05, 0.1) is 35.4 Å². The quantitative estimate of drug-likeness (QED) is 0.245. The lowest BCUT2D eigenvalue weighted by molar-refractivity contribution is 0.973. The number of benzene rings is 1. The maximum Gasteiger partial charge on any atom is 0.196 e. The van der Waals surface area contributed by atoms with Crippen LogP contribution in [0.2, 0.25) is 0 Å². The van der Waals surface area contributed by atoms with Crippen LogP contribution in [0.3, 0.4) is 0 Å². The summed E-state index contributed by atoms with van der Waals surface area (Å²) in [5.41, 5.74) is 4.07. The molecule has 0 fully saturated rings. The number of nitrogens with zero attached hydrogens (tertiary/aromatic N) is 5. The molecule has 0 atom stereocenters. The van der Waals surface area contributed by atoms with E-state index in [4.69, 9.17) is 13.1 Å². The molecule has 0 N–H and O–H groups in total. The van der Waals surface area contributed by atoms with E-state index in [1.165, 1.54) is 0 Å². The Morgan fingerprint density at radius 1 is 1.00 bits per heavy atom. The fourth-order valence-corrected chi connectivity index (χ4v) is 3.15. The summed E-state index contributed by atoms with van der Waals surface area (Å²) in [7, 11) is 0. The number of rotatable bonds is 0. The van der Waals surface area contributed by atoms with Crippen molar-refractivity contribution in [1.82, 2.24) is 14.6 Å². The van der Waals surface area contributed by atoms with Crippen molar-refractivity contribution in [1.29, 1.82) is 0 Å². The fourth-order valence-electron chi connectivity index (χ4n) is 2.84. The van der Waals surface area contributed by atoms with E-state index in [-0.39, 0.29) is 0 Å². The molecule has 0 amide bonds. The van der Waals surface area contributed by atoms with Crippen molar-refractivity contribution in [3.05, 3.63) is 63.5 Å². The second-order valence-corrected chi connectivity index (χ2v) is 6.01. The lowest BCUT2D eigenvalue weighted by atomic mass is 10.1. The van der Waals surface area contributed by atoms with Crippen LogP contribution in [0, 0.1) is 20.1 Å². The first-order chi connectivity index (χ1) is 11.1. The van der Waals surface area contributed by atoms with Crippen molar-refractivity contribution >= 4 is 54.6 Å². The minimum atomic E-state index is 0.339. The molecular formula is C17H8BrN5. The summed E-state index contributed by atoms with van der Waals surface area (Å²) in [5, 5.41) is 6.34. The van der Waals surface area contributed by atoms with Gasteiger partial charge in [-0.15, -0.1) is 0 Å². The molecule has 0 aliphatic rings. The number of hydrogen-bond donors (Lipinski definition) is 0. The Kier molecular flexibility index (Phi) is 2.84. The Morgan fingerprint density at radius 3 is 2.48 bits per heavy atom. The molecule has 0 spiro atoms. The Balaban J connectivity index is 2.37. The van der Waals surface area contributed by atoms with Gasteiger partial charge in [0, 0.05) is 5.39 Å². The molecule has 4 rings (SSSR count). The molecule has 3 aromatic heterocycles. The third kappa shape index (κ3) is 1.89. The summed E-state index contributed by atoms with van der Waals surface area (Å²) in [6, 6.07) is 9.31. The number of aryl methyl sites for hydroxylation is 1. The first-order valence-electron chi connectivity index (χ1n) is 6.79. The highest BCUT2D eigenvalue weighted by Gasteiger charge is 2.15. The molecule has 4 aromatic rings. The third-order valence-electron chi connectivity index (χ3n) is 3.79. The maximum atomic E-state index is 7.31. The zero-order valence-electron chi connectivity index (χ0n) is 12.0. The van der Waals surface area contributed by atoms with Gasteiger partial charge in [-0.1, -0.05) is 6.07 Å². The average Bonchev–Trinajstić information content (AvgIpc) is 2.95. The van der Waals surface area contributed by atoms with Crippen LogP contribution >= 0.6 is 15.9 Å². The largest absolute Gasteiger partial charge is 0.250 e. The van der Waals surface area contributed by atoms with Crippen LogP contribution in [0.25, 0.3) is 37.0 Å². The number of aromatic nitrogens is 3. The van der Waals surface area contributed by atoms with E-state index in [1.54, 1.807) is 16.6 Å². The van der Waals surface area contributed by atoms with E-state index in [2.05, 4.69) is 35.7 Å². The highest BCUT2D eigenvalue weighted by molar-refractivity contribution is 9.10. The molecule has 5 nitrogen and oxygen atoms in total. The summed E-state index contributed by atoms with van der Waals surface area (Å²) in [6.45, 7) is 16.5. The van der Waals surface area contributed by atoms with Crippen LogP contribution in [-0.2, 0) is 0 Å². The molecule has 0 saturated heterocycles. The Bertz CT molecular complexity index is 1210. The van der Waals surface area contributed by atoms with E-state index < -0.39 is 0 Å². The van der Waals surface area contributed by atoms with Crippen molar-refractivity contribution in [3.8, 4) is 0 Å². The zero-order valence-corrected chi connectivity index (χ0v) is 13.6. The van der Waals surface area contributed by atoms with Crippen molar-refractivity contribution in [2.45, 2.75) is 6.92 Å². The second kappa shape index (κ2) is 4.77. The molecule has 0 radical (unpaired) electrons. The van der Waals surface area contributed by atoms with E-state index in [0.717, 1.165) is 37.6 Å². The highest BCUT2D eigenvalue weighted by Crippen LogP contribution is 2.37. The molecule has 108 valence electrons. The lowest BCUT2D eigenvalue weighted by Gasteiger charge is -2.09. The molecular weight excluding hydrogens is 354 g/mol. The Labute approximate surface area is 139 Å². The van der Waals surface area contributed by atoms with E-state index in [1.807, 2.05) is 25.1 Å². The average molecular weight is 362 g/mol. The normalized spacial score (nSPS) is 11.0. The van der Waals surface area contributed by atoms with Gasteiger partial charge in [0.25, 0.3) is 0 Å². The van der Waals surface area contributed by atoms with Crippen LogP contribution in [0.1, 0.15) is 5.69 Å². The molecule has 23 heavy (non-hydrogen) atoms. The van der Waals surface area contributed by atoms with E-state index in [0.29, 0.717) is 11.4 Å². The predicted molar refractivity (Wildman–Crippen MR) is 93.0 cm³/mol. The molecule has 0 saturated carbocycles. The minimum Gasteiger partial charge on any atom is -0.250 e. The monoisotopic (exact) mass is 361 g/mol. The molecule has 0 aliphatic heterocycles. The maximum absolute atomic E-state index is 7.31. The van der Waals surface area contributed by atoms with Gasteiger partial charge in [0.2, 0.25) is 0 Å². The van der Waals surface area contributed by atoms with E-state index in [9.17, 15) is 0 Å². The number of hydrogen-bond acceptors (Lipinski definition) is 2. The van der Waals surface area contributed by atoms with Gasteiger partial charge in [-0.2, -0.15) is 5.10 Å². The van der Waals surface area contributed by atoms with Crippen molar-refractivity contribution in [2.75, 3.05) is 0 Å². The van der Waals surface area contributed by atoms with Crippen molar-refractivity contribution in [3.63, 3.8) is 0 Å². The Hall–Kier alpha value is -2.96. The van der Waals surface area contributed by atoms with Gasteiger partial charge in [-0.25, -0.2) is 9.50 Å². The summed E-state index contributed by atoms with van der Waals surface area (Å²) in [5.74, 6) is 0. The molecule has 6 heteroatoms. The topological polar surface area (TPSA) is 38.9 Å². The van der Waals surface area contributed by atoms with Crippen LogP contribution in [0.15, 0.2) is 34.9 Å². The summed E-state index contributed by atoms with van der Waals surface area (Å²) < 4.78 is 2.54. The molecule has 0 unspecified atom stereocenters. The lowest BCUT2D eigenvalue weighted by Crippen LogP contribution is -1.94. The van der Waals surface area contributed by atoms with Crippen LogP contribution in [0.5, 0.6) is 0 Å². The molecule has 0 bridgehead atoms. The standard InChI is InChI=1S/C17H8BrN5/c1-9-6-15-17-10(4-5-16(18)21-17)11-7-12(19-2)13(20-3)8-14(11)23(15)22-9/h4-8H,1H3.